The van der Waals surface area contributed by atoms with Crippen LogP contribution in [-0.4, -0.2) is 41.8 Å². The van der Waals surface area contributed by atoms with Crippen LogP contribution in [0, 0.1) is 10.1 Å². The number of thioether (sulfide) groups is 1. The number of benzene rings is 2. The molecule has 156 valence electrons. The third-order valence-corrected chi connectivity index (χ3v) is 5.78. The van der Waals surface area contributed by atoms with Gasteiger partial charge in [0.15, 0.2) is 5.13 Å². The molecule has 4 rings (SSSR count). The minimum absolute atomic E-state index is 0.00838. The number of thiazole rings is 1. The van der Waals surface area contributed by atoms with Crippen molar-refractivity contribution in [2.45, 2.75) is 11.6 Å². The van der Waals surface area contributed by atoms with Crippen LogP contribution in [0.4, 0.5) is 10.8 Å². The predicted molar refractivity (Wildman–Crippen MR) is 117 cm³/mol. The Morgan fingerprint density at radius 2 is 2.03 bits per heavy atom. The Kier molecular flexibility index (Phi) is 6.29. The summed E-state index contributed by atoms with van der Waals surface area (Å²) in [6.07, 6.45) is 0.248. The van der Waals surface area contributed by atoms with Crippen molar-refractivity contribution in [3.63, 3.8) is 0 Å². The molecule has 0 saturated carbocycles. The fraction of sp³-hybridized carbons (Fsp3) is 0.105. The van der Waals surface area contributed by atoms with Crippen LogP contribution < -0.4 is 5.32 Å². The lowest BCUT2D eigenvalue weighted by Crippen LogP contribution is -2.12. The van der Waals surface area contributed by atoms with E-state index in [9.17, 15) is 14.9 Å². The van der Waals surface area contributed by atoms with E-state index >= 15 is 0 Å². The Hall–Kier alpha value is -3.64. The lowest BCUT2D eigenvalue weighted by atomic mass is 10.1. The van der Waals surface area contributed by atoms with E-state index in [4.69, 9.17) is 0 Å². The summed E-state index contributed by atoms with van der Waals surface area (Å²) in [4.78, 5) is 27.1. The number of hydrogen-bond acceptors (Lipinski definition) is 9. The molecular weight excluding hydrogens is 438 g/mol. The van der Waals surface area contributed by atoms with Gasteiger partial charge in [0.2, 0.25) is 11.1 Å². The molecule has 0 aliphatic rings. The first-order valence-electron chi connectivity index (χ1n) is 9.07. The third kappa shape index (κ3) is 5.10. The van der Waals surface area contributed by atoms with Crippen LogP contribution in [0.2, 0.25) is 0 Å². The van der Waals surface area contributed by atoms with Gasteiger partial charge in [-0.05, 0) is 22.6 Å². The monoisotopic (exact) mass is 453 g/mol. The maximum Gasteiger partial charge on any atom is 0.270 e. The average molecular weight is 454 g/mol. The first-order chi connectivity index (χ1) is 15.1. The second kappa shape index (κ2) is 9.45. The van der Waals surface area contributed by atoms with E-state index in [1.54, 1.807) is 22.2 Å². The van der Waals surface area contributed by atoms with Crippen LogP contribution >= 0.6 is 23.1 Å². The van der Waals surface area contributed by atoms with E-state index in [1.165, 1.54) is 35.2 Å². The molecule has 0 unspecified atom stereocenters. The summed E-state index contributed by atoms with van der Waals surface area (Å²) in [5, 5.41) is 28.2. The molecular formula is C19H15N7O3S2. The van der Waals surface area contributed by atoms with E-state index in [-0.39, 0.29) is 18.0 Å². The lowest BCUT2D eigenvalue weighted by Gasteiger charge is -2.04. The first kappa shape index (κ1) is 20.6. The summed E-state index contributed by atoms with van der Waals surface area (Å²) >= 11 is 2.64. The number of anilines is 1. The zero-order chi connectivity index (χ0) is 21.6. The molecule has 1 N–H and O–H groups in total. The van der Waals surface area contributed by atoms with Crippen molar-refractivity contribution in [2.24, 2.45) is 0 Å². The van der Waals surface area contributed by atoms with Crippen LogP contribution in [0.3, 0.4) is 0 Å². The maximum absolute atomic E-state index is 12.3. The molecule has 2 heterocycles. The number of rotatable bonds is 8. The van der Waals surface area contributed by atoms with Gasteiger partial charge in [0.25, 0.3) is 5.69 Å². The second-order valence-electron chi connectivity index (χ2n) is 6.20. The molecule has 0 atom stereocenters. The number of non-ortho nitro benzene ring substituents is 1. The Morgan fingerprint density at radius 1 is 1.19 bits per heavy atom. The smallest absolute Gasteiger partial charge is 0.270 e. The topological polar surface area (TPSA) is 129 Å². The summed E-state index contributed by atoms with van der Waals surface area (Å²) in [5.41, 5.74) is 2.02. The Morgan fingerprint density at radius 3 is 2.84 bits per heavy atom. The van der Waals surface area contributed by atoms with Crippen molar-refractivity contribution < 1.29 is 9.72 Å². The summed E-state index contributed by atoms with van der Waals surface area (Å²) in [5.74, 6) is 0.300. The largest absolute Gasteiger partial charge is 0.302 e. The van der Waals surface area contributed by atoms with E-state index < -0.39 is 4.92 Å². The highest BCUT2D eigenvalue weighted by molar-refractivity contribution is 7.99. The molecule has 31 heavy (non-hydrogen) atoms. The van der Waals surface area contributed by atoms with Gasteiger partial charge in [0, 0.05) is 35.2 Å². The fourth-order valence-electron chi connectivity index (χ4n) is 2.66. The van der Waals surface area contributed by atoms with Crippen molar-refractivity contribution in [1.82, 2.24) is 25.2 Å². The van der Waals surface area contributed by atoms with E-state index in [2.05, 4.69) is 25.8 Å². The van der Waals surface area contributed by atoms with Gasteiger partial charge in [-0.3, -0.25) is 14.9 Å². The van der Waals surface area contributed by atoms with Crippen molar-refractivity contribution >= 4 is 39.8 Å². The average Bonchev–Trinajstić information content (AvgIpc) is 3.44. The van der Waals surface area contributed by atoms with Gasteiger partial charge in [-0.15, -0.1) is 16.4 Å². The van der Waals surface area contributed by atoms with Crippen molar-refractivity contribution in [3.05, 3.63) is 70.1 Å². The Labute approximate surface area is 184 Å². The molecule has 1 amide bonds. The SMILES string of the molecule is O=C(CCSc1nnnn1-c1ccccc1)Nc1nc(-c2cccc([N+](=O)[O-])c2)cs1. The van der Waals surface area contributed by atoms with Gasteiger partial charge in [0.05, 0.1) is 16.3 Å². The van der Waals surface area contributed by atoms with Crippen LogP contribution in [-0.2, 0) is 4.79 Å². The van der Waals surface area contributed by atoms with Crippen LogP contribution in [0.1, 0.15) is 6.42 Å². The summed E-state index contributed by atoms with van der Waals surface area (Å²) in [6, 6.07) is 15.7. The number of amides is 1. The van der Waals surface area contributed by atoms with Crippen LogP contribution in [0.25, 0.3) is 16.9 Å². The highest BCUT2D eigenvalue weighted by atomic mass is 32.2. The molecule has 2 aromatic carbocycles. The normalized spacial score (nSPS) is 10.7. The number of carbonyl (C=O) groups excluding carboxylic acids is 1. The summed E-state index contributed by atoms with van der Waals surface area (Å²) in [6.45, 7) is 0. The Balaban J connectivity index is 1.32. The van der Waals surface area contributed by atoms with Crippen molar-refractivity contribution in [1.29, 1.82) is 0 Å². The number of nitro benzene ring substituents is 1. The van der Waals surface area contributed by atoms with Crippen LogP contribution in [0.5, 0.6) is 0 Å². The molecule has 0 spiro atoms. The highest BCUT2D eigenvalue weighted by Gasteiger charge is 2.13. The number of aromatic nitrogens is 5. The first-order valence-corrected chi connectivity index (χ1v) is 10.9. The Bertz CT molecular complexity index is 1210. The molecule has 0 aliphatic heterocycles. The zero-order valence-corrected chi connectivity index (χ0v) is 17.5. The quantitative estimate of drug-likeness (QED) is 0.242. The molecule has 10 nitrogen and oxygen atoms in total. The minimum atomic E-state index is -0.454. The molecule has 12 heteroatoms. The number of nitro groups is 1. The third-order valence-electron chi connectivity index (χ3n) is 4.11. The number of para-hydroxylation sites is 1. The number of tetrazole rings is 1. The van der Waals surface area contributed by atoms with E-state index in [1.807, 2.05) is 30.3 Å². The van der Waals surface area contributed by atoms with Crippen molar-refractivity contribution in [3.8, 4) is 16.9 Å². The van der Waals surface area contributed by atoms with E-state index in [0.29, 0.717) is 27.3 Å². The van der Waals surface area contributed by atoms with E-state index in [0.717, 1.165) is 5.69 Å². The van der Waals surface area contributed by atoms with Gasteiger partial charge < -0.3 is 5.32 Å². The van der Waals surface area contributed by atoms with Crippen molar-refractivity contribution in [2.75, 3.05) is 11.1 Å². The maximum atomic E-state index is 12.3. The van der Waals surface area contributed by atoms with Gasteiger partial charge in [-0.25, -0.2) is 4.98 Å². The molecule has 4 aromatic rings. The van der Waals surface area contributed by atoms with Gasteiger partial charge >= 0.3 is 0 Å². The summed E-state index contributed by atoms with van der Waals surface area (Å²) < 4.78 is 1.62. The second-order valence-corrected chi connectivity index (χ2v) is 8.12. The number of nitrogens with zero attached hydrogens (tertiary/aromatic N) is 6. The molecule has 0 aliphatic carbocycles. The zero-order valence-electron chi connectivity index (χ0n) is 15.9. The highest BCUT2D eigenvalue weighted by Crippen LogP contribution is 2.27. The van der Waals surface area contributed by atoms with Gasteiger partial charge in [0.1, 0.15) is 0 Å². The van der Waals surface area contributed by atoms with Gasteiger partial charge in [-0.2, -0.15) is 4.68 Å². The van der Waals surface area contributed by atoms with Crippen LogP contribution in [0.15, 0.2) is 65.1 Å². The fourth-order valence-corrected chi connectivity index (χ4v) is 4.22. The number of nitrogens with one attached hydrogen (secondary N) is 1. The molecule has 0 radical (unpaired) electrons. The molecule has 2 aromatic heterocycles. The summed E-state index contributed by atoms with van der Waals surface area (Å²) in [7, 11) is 0. The standard InChI is InChI=1S/C19H15N7O3S2/c27-17(9-10-30-19-22-23-24-25(19)14-6-2-1-3-7-14)21-18-20-16(12-31-18)13-5-4-8-15(11-13)26(28)29/h1-8,11-12H,9-10H2,(H,20,21,27). The molecule has 0 bridgehead atoms. The number of hydrogen-bond donors (Lipinski definition) is 1. The lowest BCUT2D eigenvalue weighted by molar-refractivity contribution is -0.384. The molecule has 0 saturated heterocycles. The minimum Gasteiger partial charge on any atom is -0.302 e. The number of carbonyl (C=O) groups is 1. The predicted octanol–water partition coefficient (Wildman–Crippen LogP) is 3.81. The van der Waals surface area contributed by atoms with Gasteiger partial charge in [-0.1, -0.05) is 42.1 Å². The molecule has 0 fully saturated rings.